The molecule has 13 heteroatoms. The standard InChI is InChI=1S/C27H28Cl3N3O6S/c1-2-31-21-16-19(29)20(30)17-22(21)32(12-3-4-14-37-34)25(31)7-5-8-26-33(13-6-9-27(33)39-40(35)36)23-15-18(28)10-11-24(23)38-26/h5,7-8,10-11,15-17,27H,2-4,6,9,12-14H2,1H3/p+1/b7-5+,26-8+. The first kappa shape index (κ1) is 29.5. The lowest BCUT2D eigenvalue weighted by Gasteiger charge is -2.32. The van der Waals surface area contributed by atoms with Gasteiger partial charge in [0.2, 0.25) is 6.23 Å². The van der Waals surface area contributed by atoms with Crippen molar-refractivity contribution in [2.24, 2.45) is 0 Å². The second kappa shape index (κ2) is 12.5. The predicted octanol–water partition coefficient (Wildman–Crippen LogP) is 5.51. The van der Waals surface area contributed by atoms with Crippen LogP contribution in [0, 0.1) is 0 Å². The molecule has 0 radical (unpaired) electrons. The Balaban J connectivity index is 1.58. The minimum atomic E-state index is -2.44. The SMILES string of the molecule is CCn1c(/C=C/C=C2/Oc3ccc(Cl)cc3[N+]23CCCC3OS(=O)O)[n+](CCCCO[O-])c2cc(Cl)c(Cl)cc21. The van der Waals surface area contributed by atoms with Crippen molar-refractivity contribution < 1.29 is 32.4 Å². The highest BCUT2D eigenvalue weighted by atomic mass is 35.5. The summed E-state index contributed by atoms with van der Waals surface area (Å²) in [5.41, 5.74) is 2.65. The van der Waals surface area contributed by atoms with E-state index in [1.54, 1.807) is 12.1 Å². The Morgan fingerprint density at radius 1 is 1.25 bits per heavy atom. The number of rotatable bonds is 10. The van der Waals surface area contributed by atoms with Gasteiger partial charge < -0.3 is 14.9 Å². The van der Waals surface area contributed by atoms with Gasteiger partial charge in [-0.15, -0.1) is 0 Å². The van der Waals surface area contributed by atoms with Gasteiger partial charge in [-0.3, -0.25) is 4.55 Å². The van der Waals surface area contributed by atoms with Crippen LogP contribution in [-0.4, -0.2) is 32.7 Å². The Labute approximate surface area is 249 Å². The van der Waals surface area contributed by atoms with Crippen molar-refractivity contribution in [2.45, 2.75) is 51.9 Å². The molecule has 0 aliphatic carbocycles. The first-order valence-corrected chi connectivity index (χ1v) is 15.1. The molecule has 9 nitrogen and oxygen atoms in total. The van der Waals surface area contributed by atoms with E-state index in [0.717, 1.165) is 35.4 Å². The first-order chi connectivity index (χ1) is 19.3. The lowest BCUT2D eigenvalue weighted by atomic mass is 10.2. The molecule has 0 saturated carbocycles. The summed E-state index contributed by atoms with van der Waals surface area (Å²) in [4.78, 5) is 4.00. The van der Waals surface area contributed by atoms with E-state index in [0.29, 0.717) is 59.2 Å². The third kappa shape index (κ3) is 5.45. The van der Waals surface area contributed by atoms with Gasteiger partial charge in [0, 0.05) is 54.8 Å². The van der Waals surface area contributed by atoms with E-state index in [2.05, 4.69) is 20.9 Å². The molecule has 2 aromatic carbocycles. The summed E-state index contributed by atoms with van der Waals surface area (Å²) in [7, 11) is 0. The number of hydrogen-bond donors (Lipinski definition) is 1. The molecule has 1 fully saturated rings. The maximum Gasteiger partial charge on any atom is 0.306 e. The number of benzene rings is 2. The van der Waals surface area contributed by atoms with Crippen LogP contribution in [0.3, 0.4) is 0 Å². The minimum Gasteiger partial charge on any atom is -0.723 e. The second-order valence-electron chi connectivity index (χ2n) is 9.62. The molecular weight excluding hydrogens is 601 g/mol. The highest BCUT2D eigenvalue weighted by Gasteiger charge is 2.56. The maximum absolute atomic E-state index is 11.7. The maximum atomic E-state index is 11.7. The van der Waals surface area contributed by atoms with Crippen molar-refractivity contribution in [2.75, 3.05) is 13.2 Å². The second-order valence-corrected chi connectivity index (χ2v) is 11.5. The molecule has 2 aliphatic rings. The Hall–Kier alpha value is -1.99. The van der Waals surface area contributed by atoms with E-state index in [-0.39, 0.29) is 11.1 Å². The number of fused-ring (bicyclic) bond motifs is 3. The molecule has 214 valence electrons. The molecular formula is C27H29Cl3N3O6S+. The summed E-state index contributed by atoms with van der Waals surface area (Å²) in [5.74, 6) is 2.11. The van der Waals surface area contributed by atoms with E-state index < -0.39 is 17.6 Å². The van der Waals surface area contributed by atoms with Crippen LogP contribution in [0.2, 0.25) is 15.1 Å². The summed E-state index contributed by atoms with van der Waals surface area (Å²) >= 11 is 16.7. The zero-order chi connectivity index (χ0) is 28.4. The fraction of sp³-hybridized carbons (Fsp3) is 0.370. The van der Waals surface area contributed by atoms with Gasteiger partial charge in [-0.2, -0.15) is 8.69 Å². The molecule has 3 heterocycles. The Kier molecular flexibility index (Phi) is 9.20. The van der Waals surface area contributed by atoms with Crippen molar-refractivity contribution in [3.8, 4) is 5.75 Å². The number of allylic oxidation sites excluding steroid dienone is 2. The van der Waals surface area contributed by atoms with Crippen LogP contribution in [0.1, 0.15) is 38.4 Å². The van der Waals surface area contributed by atoms with E-state index in [1.807, 2.05) is 36.4 Å². The number of aryl methyl sites for hydroxylation is 2. The van der Waals surface area contributed by atoms with Gasteiger partial charge in [-0.1, -0.05) is 34.8 Å². The first-order valence-electron chi connectivity index (χ1n) is 13.0. The van der Waals surface area contributed by atoms with Crippen LogP contribution in [0.25, 0.3) is 17.1 Å². The summed E-state index contributed by atoms with van der Waals surface area (Å²) in [6, 6.07) is 9.09. The topological polar surface area (TPSA) is 96.9 Å². The van der Waals surface area contributed by atoms with Crippen LogP contribution < -0.4 is 19.0 Å². The number of halogens is 3. The number of aromatic nitrogens is 2. The molecule has 1 N–H and O–H groups in total. The molecule has 1 spiro atoms. The predicted molar refractivity (Wildman–Crippen MR) is 154 cm³/mol. The third-order valence-electron chi connectivity index (χ3n) is 7.42. The van der Waals surface area contributed by atoms with Gasteiger partial charge >= 0.3 is 17.2 Å². The number of unbranched alkanes of at least 4 members (excludes halogenated alkanes) is 1. The Morgan fingerprint density at radius 3 is 2.80 bits per heavy atom. The average Bonchev–Trinajstić information content (AvgIpc) is 3.55. The number of imidazole rings is 1. The largest absolute Gasteiger partial charge is 0.723 e. The molecule has 0 amide bonds. The normalized spacial score (nSPS) is 22.1. The number of ether oxygens (including phenoxy) is 1. The zero-order valence-corrected chi connectivity index (χ0v) is 24.8. The lowest BCUT2D eigenvalue weighted by Crippen LogP contribution is -2.52. The monoisotopic (exact) mass is 628 g/mol. The smallest absolute Gasteiger partial charge is 0.306 e. The van der Waals surface area contributed by atoms with Crippen molar-refractivity contribution in [3.63, 3.8) is 0 Å². The minimum absolute atomic E-state index is 0.139. The zero-order valence-electron chi connectivity index (χ0n) is 21.7. The van der Waals surface area contributed by atoms with Gasteiger partial charge in [-0.25, -0.2) is 13.3 Å². The van der Waals surface area contributed by atoms with Crippen molar-refractivity contribution in [1.29, 1.82) is 0 Å². The van der Waals surface area contributed by atoms with Crippen molar-refractivity contribution >= 4 is 69.0 Å². The Bertz CT molecular complexity index is 1510. The van der Waals surface area contributed by atoms with Crippen LogP contribution in [0.15, 0.2) is 48.4 Å². The van der Waals surface area contributed by atoms with Crippen LogP contribution in [0.4, 0.5) is 5.69 Å². The van der Waals surface area contributed by atoms with E-state index in [1.165, 1.54) is 0 Å². The van der Waals surface area contributed by atoms with Gasteiger partial charge in [0.15, 0.2) is 22.5 Å². The summed E-state index contributed by atoms with van der Waals surface area (Å²) in [6.07, 6.45) is 7.84. The Morgan fingerprint density at radius 2 is 2.05 bits per heavy atom. The molecule has 3 atom stereocenters. The highest BCUT2D eigenvalue weighted by molar-refractivity contribution is 7.74. The number of nitrogens with zero attached hydrogens (tertiary/aromatic N) is 3. The quantitative estimate of drug-likeness (QED) is 0.0794. The van der Waals surface area contributed by atoms with Crippen molar-refractivity contribution in [1.82, 2.24) is 9.05 Å². The van der Waals surface area contributed by atoms with E-state index >= 15 is 0 Å². The fourth-order valence-electron chi connectivity index (χ4n) is 5.74. The molecule has 40 heavy (non-hydrogen) atoms. The van der Waals surface area contributed by atoms with Gasteiger partial charge in [0.25, 0.3) is 5.82 Å². The summed E-state index contributed by atoms with van der Waals surface area (Å²) in [6.45, 7) is 4.14. The highest BCUT2D eigenvalue weighted by Crippen LogP contribution is 2.51. The summed E-state index contributed by atoms with van der Waals surface area (Å²) in [5, 5.41) is 12.0. The molecule has 0 bridgehead atoms. The lowest BCUT2D eigenvalue weighted by molar-refractivity contribution is -0.691. The van der Waals surface area contributed by atoms with Gasteiger partial charge in [0.05, 0.1) is 29.7 Å². The number of quaternary nitrogens is 1. The van der Waals surface area contributed by atoms with Crippen LogP contribution in [0.5, 0.6) is 5.75 Å². The number of hydrogen-bond acceptors (Lipinski definition) is 5. The van der Waals surface area contributed by atoms with Gasteiger partial charge in [0.1, 0.15) is 0 Å². The summed E-state index contributed by atoms with van der Waals surface area (Å²) < 4.78 is 37.4. The average molecular weight is 630 g/mol. The molecule has 3 aromatic rings. The fourth-order valence-corrected chi connectivity index (χ4v) is 6.65. The third-order valence-corrected chi connectivity index (χ3v) is 8.76. The van der Waals surface area contributed by atoms with Gasteiger partial charge in [-0.05, 0) is 38.0 Å². The molecule has 3 unspecified atom stereocenters. The van der Waals surface area contributed by atoms with Crippen LogP contribution in [-0.2, 0) is 33.5 Å². The van der Waals surface area contributed by atoms with E-state index in [9.17, 15) is 14.0 Å². The molecule has 1 aromatic heterocycles. The molecule has 1 saturated heterocycles. The van der Waals surface area contributed by atoms with Crippen LogP contribution >= 0.6 is 34.8 Å². The molecule has 5 rings (SSSR count). The van der Waals surface area contributed by atoms with Crippen molar-refractivity contribution in [3.05, 3.63) is 69.3 Å². The van der Waals surface area contributed by atoms with E-state index in [4.69, 9.17) is 43.7 Å². The molecule has 2 aliphatic heterocycles.